The Hall–Kier alpha value is -3.93. The summed E-state index contributed by atoms with van der Waals surface area (Å²) in [6.07, 6.45) is 1.97. The van der Waals surface area contributed by atoms with Crippen molar-refractivity contribution in [3.05, 3.63) is 89.6 Å². The quantitative estimate of drug-likeness (QED) is 0.445. The molecule has 1 atom stereocenters. The summed E-state index contributed by atoms with van der Waals surface area (Å²) in [7, 11) is 6.42. The maximum absolute atomic E-state index is 13.7. The average molecular weight is 431 g/mol. The molecule has 4 aromatic rings. The Labute approximate surface area is 187 Å². The maximum atomic E-state index is 13.7. The second-order valence-corrected chi connectivity index (χ2v) is 7.43. The largest absolute Gasteiger partial charge is 0.493 e. The van der Waals surface area contributed by atoms with Crippen molar-refractivity contribution in [3.8, 4) is 17.2 Å². The molecule has 6 heteroatoms. The van der Waals surface area contributed by atoms with Crippen molar-refractivity contribution in [3.63, 3.8) is 0 Å². The molecular formula is C26H26N2O4. The molecule has 0 aliphatic heterocycles. The predicted octanol–water partition coefficient (Wildman–Crippen LogP) is 5.06. The Kier molecular flexibility index (Phi) is 6.03. The first-order valence-electron chi connectivity index (χ1n) is 10.3. The van der Waals surface area contributed by atoms with Gasteiger partial charge in [0.15, 0.2) is 11.5 Å². The summed E-state index contributed by atoms with van der Waals surface area (Å²) in [6, 6.07) is 21.1. The van der Waals surface area contributed by atoms with Crippen molar-refractivity contribution in [2.24, 2.45) is 0 Å². The van der Waals surface area contributed by atoms with E-state index in [1.807, 2.05) is 61.8 Å². The first kappa shape index (κ1) is 21.3. The third kappa shape index (κ3) is 3.75. The molecule has 1 heterocycles. The van der Waals surface area contributed by atoms with Crippen LogP contribution in [0.3, 0.4) is 0 Å². The summed E-state index contributed by atoms with van der Waals surface area (Å²) < 4.78 is 16.3. The summed E-state index contributed by atoms with van der Waals surface area (Å²) in [5.74, 6) is 1.16. The average Bonchev–Trinajstić information content (AvgIpc) is 3.27. The number of amides is 1. The van der Waals surface area contributed by atoms with Gasteiger partial charge in [0.1, 0.15) is 0 Å². The highest BCUT2D eigenvalue weighted by Crippen LogP contribution is 2.40. The number of H-pyrrole nitrogens is 1. The van der Waals surface area contributed by atoms with Crippen LogP contribution >= 0.6 is 0 Å². The molecule has 1 amide bonds. The minimum absolute atomic E-state index is 0.164. The van der Waals surface area contributed by atoms with Gasteiger partial charge in [0.2, 0.25) is 5.75 Å². The van der Waals surface area contributed by atoms with Gasteiger partial charge >= 0.3 is 0 Å². The van der Waals surface area contributed by atoms with Gasteiger partial charge < -0.3 is 24.1 Å². The molecule has 0 fully saturated rings. The first-order valence-corrected chi connectivity index (χ1v) is 10.3. The van der Waals surface area contributed by atoms with Gasteiger partial charge in [-0.3, -0.25) is 4.79 Å². The molecule has 0 spiro atoms. The standard InChI is InChI=1S/C26H26N2O4/c1-28(26(29)18-14-22(30-2)25(32-4)23(15-18)31-3)24(17-10-6-5-7-11-17)20-16-27-21-13-9-8-12-19(20)21/h5-16,24,27H,1-4H3/t24-/m1/s1. The van der Waals surface area contributed by atoms with Crippen LogP contribution in [0.1, 0.15) is 27.5 Å². The fraction of sp³-hybridized carbons (Fsp3) is 0.192. The van der Waals surface area contributed by atoms with E-state index < -0.39 is 0 Å². The number of para-hydroxylation sites is 1. The first-order chi connectivity index (χ1) is 15.6. The van der Waals surface area contributed by atoms with E-state index in [0.717, 1.165) is 22.0 Å². The van der Waals surface area contributed by atoms with Gasteiger partial charge in [0, 0.05) is 35.3 Å². The highest BCUT2D eigenvalue weighted by Gasteiger charge is 2.28. The fourth-order valence-corrected chi connectivity index (χ4v) is 4.09. The van der Waals surface area contributed by atoms with Gasteiger partial charge in [0.05, 0.1) is 27.4 Å². The van der Waals surface area contributed by atoms with E-state index >= 15 is 0 Å². The van der Waals surface area contributed by atoms with Crippen LogP contribution < -0.4 is 14.2 Å². The lowest BCUT2D eigenvalue weighted by atomic mass is 9.96. The van der Waals surface area contributed by atoms with Crippen molar-refractivity contribution in [1.29, 1.82) is 0 Å². The van der Waals surface area contributed by atoms with Crippen molar-refractivity contribution in [1.82, 2.24) is 9.88 Å². The topological polar surface area (TPSA) is 63.8 Å². The number of carbonyl (C=O) groups excluding carboxylic acids is 1. The maximum Gasteiger partial charge on any atom is 0.254 e. The summed E-state index contributed by atoms with van der Waals surface area (Å²) in [5, 5.41) is 1.07. The van der Waals surface area contributed by atoms with E-state index in [1.165, 1.54) is 21.3 Å². The van der Waals surface area contributed by atoms with Gasteiger partial charge in [0.25, 0.3) is 5.91 Å². The second kappa shape index (κ2) is 9.06. The Morgan fingerprint density at radius 3 is 2.12 bits per heavy atom. The number of benzene rings is 3. The number of nitrogens with one attached hydrogen (secondary N) is 1. The van der Waals surface area contributed by atoms with E-state index in [4.69, 9.17) is 14.2 Å². The van der Waals surface area contributed by atoms with Crippen molar-refractivity contribution in [2.45, 2.75) is 6.04 Å². The monoisotopic (exact) mass is 430 g/mol. The van der Waals surface area contributed by atoms with Crippen LogP contribution in [0.4, 0.5) is 0 Å². The molecule has 32 heavy (non-hydrogen) atoms. The van der Waals surface area contributed by atoms with Gasteiger partial charge in [-0.2, -0.15) is 0 Å². The van der Waals surface area contributed by atoms with Gasteiger partial charge in [-0.25, -0.2) is 0 Å². The molecule has 0 saturated carbocycles. The van der Waals surface area contributed by atoms with Crippen LogP contribution in [0, 0.1) is 0 Å². The summed E-state index contributed by atoms with van der Waals surface area (Å²) in [6.45, 7) is 0. The second-order valence-electron chi connectivity index (χ2n) is 7.43. The third-order valence-electron chi connectivity index (χ3n) is 5.65. The normalized spacial score (nSPS) is 11.8. The lowest BCUT2D eigenvalue weighted by Crippen LogP contribution is -2.32. The highest BCUT2D eigenvalue weighted by molar-refractivity contribution is 5.96. The minimum atomic E-state index is -0.293. The van der Waals surface area contributed by atoms with E-state index in [9.17, 15) is 4.79 Å². The lowest BCUT2D eigenvalue weighted by molar-refractivity contribution is 0.0755. The Bertz CT molecular complexity index is 1210. The van der Waals surface area contributed by atoms with Crippen molar-refractivity contribution < 1.29 is 19.0 Å². The SMILES string of the molecule is COc1cc(C(=O)N(C)[C@H](c2ccccc2)c2c[nH]c3ccccc23)cc(OC)c1OC. The number of ether oxygens (including phenoxy) is 3. The molecule has 3 aromatic carbocycles. The smallest absolute Gasteiger partial charge is 0.254 e. The molecular weight excluding hydrogens is 404 g/mol. The zero-order chi connectivity index (χ0) is 22.7. The number of methoxy groups -OCH3 is 3. The molecule has 6 nitrogen and oxygen atoms in total. The molecule has 1 N–H and O–H groups in total. The Morgan fingerprint density at radius 1 is 0.875 bits per heavy atom. The lowest BCUT2D eigenvalue weighted by Gasteiger charge is -2.29. The number of hydrogen-bond donors (Lipinski definition) is 1. The zero-order valence-corrected chi connectivity index (χ0v) is 18.6. The molecule has 4 rings (SSSR count). The van der Waals surface area contributed by atoms with Crippen LogP contribution in [0.5, 0.6) is 17.2 Å². The number of rotatable bonds is 7. The Morgan fingerprint density at radius 2 is 1.50 bits per heavy atom. The number of carbonyl (C=O) groups is 1. The van der Waals surface area contributed by atoms with Gasteiger partial charge in [-0.15, -0.1) is 0 Å². The molecule has 0 aliphatic carbocycles. The fourth-order valence-electron chi connectivity index (χ4n) is 4.09. The molecule has 1 aromatic heterocycles. The molecule has 0 bridgehead atoms. The number of fused-ring (bicyclic) bond motifs is 1. The summed E-state index contributed by atoms with van der Waals surface area (Å²) >= 11 is 0. The summed E-state index contributed by atoms with van der Waals surface area (Å²) in [4.78, 5) is 18.8. The van der Waals surface area contributed by atoms with Crippen LogP contribution in [0.2, 0.25) is 0 Å². The van der Waals surface area contributed by atoms with E-state index in [0.29, 0.717) is 22.8 Å². The minimum Gasteiger partial charge on any atom is -0.493 e. The number of aromatic nitrogens is 1. The van der Waals surface area contributed by atoms with E-state index in [1.54, 1.807) is 17.0 Å². The van der Waals surface area contributed by atoms with Crippen LogP contribution in [-0.4, -0.2) is 44.2 Å². The van der Waals surface area contributed by atoms with Crippen molar-refractivity contribution in [2.75, 3.05) is 28.4 Å². The van der Waals surface area contributed by atoms with Gasteiger partial charge in [-0.1, -0.05) is 48.5 Å². The van der Waals surface area contributed by atoms with Crippen LogP contribution in [0.15, 0.2) is 72.9 Å². The zero-order valence-electron chi connectivity index (χ0n) is 18.6. The molecule has 0 radical (unpaired) electrons. The number of hydrogen-bond acceptors (Lipinski definition) is 4. The van der Waals surface area contributed by atoms with Crippen LogP contribution in [0.25, 0.3) is 10.9 Å². The van der Waals surface area contributed by atoms with E-state index in [-0.39, 0.29) is 11.9 Å². The molecule has 164 valence electrons. The van der Waals surface area contributed by atoms with Gasteiger partial charge in [-0.05, 0) is 23.8 Å². The third-order valence-corrected chi connectivity index (χ3v) is 5.65. The summed E-state index contributed by atoms with van der Waals surface area (Å²) in [5.41, 5.74) is 3.51. The van der Waals surface area contributed by atoms with Crippen molar-refractivity contribution >= 4 is 16.8 Å². The van der Waals surface area contributed by atoms with Crippen LogP contribution in [-0.2, 0) is 0 Å². The molecule has 0 saturated heterocycles. The molecule has 0 aliphatic rings. The predicted molar refractivity (Wildman–Crippen MR) is 125 cm³/mol. The number of nitrogens with zero attached hydrogens (tertiary/aromatic N) is 1. The Balaban J connectivity index is 1.82. The highest BCUT2D eigenvalue weighted by atomic mass is 16.5. The number of aromatic amines is 1. The molecule has 0 unspecified atom stereocenters. The van der Waals surface area contributed by atoms with E-state index in [2.05, 4.69) is 11.1 Å².